The highest BCUT2D eigenvalue weighted by Crippen LogP contribution is 2.23. The first-order valence-electron chi connectivity index (χ1n) is 10.5. The molecule has 1 aliphatic carbocycles. The first-order chi connectivity index (χ1) is 14.9. The van der Waals surface area contributed by atoms with Crippen LogP contribution in [0.25, 0.3) is 16.9 Å². The SMILES string of the molecule is Cc1nn(-c2ncc(C(=O)NC3CCC(O[C@@H](C)CO)CC3)cn2)c2cc(F)ccc12. The Hall–Kier alpha value is -2.91. The second-order valence-corrected chi connectivity index (χ2v) is 8.01. The van der Waals surface area contributed by atoms with E-state index in [1.54, 1.807) is 6.07 Å². The third kappa shape index (κ3) is 4.72. The smallest absolute Gasteiger partial charge is 0.254 e. The van der Waals surface area contributed by atoms with Gasteiger partial charge < -0.3 is 15.2 Å². The molecule has 1 saturated carbocycles. The third-order valence-corrected chi connectivity index (χ3v) is 5.61. The van der Waals surface area contributed by atoms with E-state index in [1.807, 2.05) is 13.8 Å². The summed E-state index contributed by atoms with van der Waals surface area (Å²) in [6.45, 7) is 3.69. The highest BCUT2D eigenvalue weighted by atomic mass is 19.1. The van der Waals surface area contributed by atoms with Gasteiger partial charge in [-0.05, 0) is 51.7 Å². The van der Waals surface area contributed by atoms with Crippen molar-refractivity contribution in [2.24, 2.45) is 0 Å². The minimum Gasteiger partial charge on any atom is -0.394 e. The van der Waals surface area contributed by atoms with Crippen LogP contribution >= 0.6 is 0 Å². The highest BCUT2D eigenvalue weighted by molar-refractivity contribution is 5.93. The molecule has 31 heavy (non-hydrogen) atoms. The van der Waals surface area contributed by atoms with Gasteiger partial charge in [0.15, 0.2) is 0 Å². The van der Waals surface area contributed by atoms with Crippen molar-refractivity contribution < 1.29 is 19.0 Å². The number of carbonyl (C=O) groups excluding carboxylic acids is 1. The van der Waals surface area contributed by atoms with Crippen LogP contribution in [0, 0.1) is 12.7 Å². The standard InChI is InChI=1S/C22H26FN5O3/c1-13(12-29)31-18-6-4-17(5-7-18)26-21(30)15-10-24-22(25-11-15)28-20-9-16(23)3-8-19(20)14(2)27-28/h3,8-11,13,17-18,29H,4-7,12H2,1-2H3,(H,26,30)/t13-,17?,18?/m0/s1. The summed E-state index contributed by atoms with van der Waals surface area (Å²) in [6, 6.07) is 4.52. The molecule has 0 saturated heterocycles. The van der Waals surface area contributed by atoms with Gasteiger partial charge in [0.05, 0.1) is 35.6 Å². The van der Waals surface area contributed by atoms with Crippen molar-refractivity contribution in [2.45, 2.75) is 57.8 Å². The summed E-state index contributed by atoms with van der Waals surface area (Å²) in [5.74, 6) is -0.321. The highest BCUT2D eigenvalue weighted by Gasteiger charge is 2.24. The zero-order valence-corrected chi connectivity index (χ0v) is 17.6. The van der Waals surface area contributed by atoms with E-state index >= 15 is 0 Å². The fourth-order valence-corrected chi connectivity index (χ4v) is 3.93. The number of fused-ring (bicyclic) bond motifs is 1. The molecule has 1 atom stereocenters. The molecule has 0 unspecified atom stereocenters. The lowest BCUT2D eigenvalue weighted by Gasteiger charge is -2.30. The van der Waals surface area contributed by atoms with E-state index in [2.05, 4.69) is 20.4 Å². The number of hydrogen-bond donors (Lipinski definition) is 2. The number of nitrogens with one attached hydrogen (secondary N) is 1. The summed E-state index contributed by atoms with van der Waals surface area (Å²) in [7, 11) is 0. The van der Waals surface area contributed by atoms with Crippen molar-refractivity contribution in [2.75, 3.05) is 6.61 Å². The molecule has 3 aromatic rings. The van der Waals surface area contributed by atoms with Crippen LogP contribution in [0.3, 0.4) is 0 Å². The fourth-order valence-electron chi connectivity index (χ4n) is 3.93. The molecule has 0 radical (unpaired) electrons. The van der Waals surface area contributed by atoms with E-state index in [0.29, 0.717) is 11.1 Å². The lowest BCUT2D eigenvalue weighted by molar-refractivity contribution is -0.0465. The number of benzene rings is 1. The summed E-state index contributed by atoms with van der Waals surface area (Å²) < 4.78 is 20.9. The van der Waals surface area contributed by atoms with Crippen LogP contribution < -0.4 is 5.32 Å². The van der Waals surface area contributed by atoms with Gasteiger partial charge in [-0.2, -0.15) is 9.78 Å². The molecule has 2 heterocycles. The quantitative estimate of drug-likeness (QED) is 0.627. The molecule has 0 spiro atoms. The van der Waals surface area contributed by atoms with Gasteiger partial charge in [0.1, 0.15) is 5.82 Å². The minimum absolute atomic E-state index is 0.00942. The number of nitrogens with zero attached hydrogens (tertiary/aromatic N) is 4. The van der Waals surface area contributed by atoms with E-state index in [-0.39, 0.29) is 42.5 Å². The molecule has 0 aliphatic heterocycles. The largest absolute Gasteiger partial charge is 0.394 e. The maximum Gasteiger partial charge on any atom is 0.254 e. The normalized spacial score (nSPS) is 20.0. The van der Waals surface area contributed by atoms with Gasteiger partial charge >= 0.3 is 0 Å². The molecular weight excluding hydrogens is 401 g/mol. The summed E-state index contributed by atoms with van der Waals surface area (Å²) in [4.78, 5) is 21.1. The average Bonchev–Trinajstić information content (AvgIpc) is 3.10. The molecule has 0 bridgehead atoms. The number of rotatable bonds is 6. The van der Waals surface area contributed by atoms with Crippen molar-refractivity contribution in [1.29, 1.82) is 0 Å². The number of aliphatic hydroxyl groups is 1. The van der Waals surface area contributed by atoms with E-state index in [9.17, 15) is 9.18 Å². The minimum atomic E-state index is -0.365. The zero-order chi connectivity index (χ0) is 22.0. The van der Waals surface area contributed by atoms with Crippen molar-refractivity contribution in [3.63, 3.8) is 0 Å². The van der Waals surface area contributed by atoms with Gasteiger partial charge in [-0.1, -0.05) is 0 Å². The molecule has 1 fully saturated rings. The first kappa shape index (κ1) is 21.3. The number of aliphatic hydroxyl groups excluding tert-OH is 1. The summed E-state index contributed by atoms with van der Waals surface area (Å²) in [6.07, 6.45) is 6.18. The van der Waals surface area contributed by atoms with Crippen LogP contribution in [0.4, 0.5) is 4.39 Å². The Labute approximate surface area is 179 Å². The monoisotopic (exact) mass is 427 g/mol. The Morgan fingerprint density at radius 3 is 2.68 bits per heavy atom. The first-order valence-corrected chi connectivity index (χ1v) is 10.5. The molecule has 2 aromatic heterocycles. The molecule has 9 heteroatoms. The molecule has 2 N–H and O–H groups in total. The van der Waals surface area contributed by atoms with Gasteiger partial charge in [-0.15, -0.1) is 0 Å². The molecule has 4 rings (SSSR count). The number of aryl methyl sites for hydroxylation is 1. The second kappa shape index (κ2) is 9.07. The number of halogens is 1. The molecule has 1 aromatic carbocycles. The van der Waals surface area contributed by atoms with Crippen molar-refractivity contribution in [3.05, 3.63) is 47.7 Å². The van der Waals surface area contributed by atoms with Gasteiger partial charge in [-0.25, -0.2) is 14.4 Å². The maximum absolute atomic E-state index is 13.7. The van der Waals surface area contributed by atoms with Crippen molar-refractivity contribution in [3.8, 4) is 5.95 Å². The van der Waals surface area contributed by atoms with E-state index in [1.165, 1.54) is 29.2 Å². The molecule has 8 nitrogen and oxygen atoms in total. The number of carbonyl (C=O) groups is 1. The lowest BCUT2D eigenvalue weighted by Crippen LogP contribution is -2.40. The summed E-state index contributed by atoms with van der Waals surface area (Å²) >= 11 is 0. The van der Waals surface area contributed by atoms with Crippen LogP contribution in [0.15, 0.2) is 30.6 Å². The van der Waals surface area contributed by atoms with E-state index < -0.39 is 0 Å². The predicted octanol–water partition coefficient (Wildman–Crippen LogP) is 2.70. The van der Waals surface area contributed by atoms with Crippen LogP contribution in [0.2, 0.25) is 0 Å². The van der Waals surface area contributed by atoms with Crippen molar-refractivity contribution >= 4 is 16.8 Å². The number of ether oxygens (including phenoxy) is 1. The van der Waals surface area contributed by atoms with E-state index in [0.717, 1.165) is 36.8 Å². The Bertz CT molecular complexity index is 1060. The predicted molar refractivity (Wildman–Crippen MR) is 112 cm³/mol. The number of hydrogen-bond acceptors (Lipinski definition) is 6. The Kier molecular flexibility index (Phi) is 6.24. The molecule has 1 amide bonds. The van der Waals surface area contributed by atoms with Gasteiger partial charge in [0.2, 0.25) is 0 Å². The number of amides is 1. The second-order valence-electron chi connectivity index (χ2n) is 8.01. The fraction of sp³-hybridized carbons (Fsp3) is 0.455. The van der Waals surface area contributed by atoms with Crippen LogP contribution in [-0.2, 0) is 4.74 Å². The zero-order valence-electron chi connectivity index (χ0n) is 17.6. The van der Waals surface area contributed by atoms with E-state index in [4.69, 9.17) is 9.84 Å². The lowest BCUT2D eigenvalue weighted by atomic mass is 9.92. The average molecular weight is 427 g/mol. The number of aromatic nitrogens is 4. The molecular formula is C22H26FN5O3. The van der Waals surface area contributed by atoms with Crippen LogP contribution in [0.1, 0.15) is 48.7 Å². The molecule has 1 aliphatic rings. The molecule has 164 valence electrons. The third-order valence-electron chi connectivity index (χ3n) is 5.61. The summed E-state index contributed by atoms with van der Waals surface area (Å²) in [5, 5.41) is 17.4. The summed E-state index contributed by atoms with van der Waals surface area (Å²) in [5.41, 5.74) is 1.67. The maximum atomic E-state index is 13.7. The Morgan fingerprint density at radius 2 is 2.00 bits per heavy atom. The van der Waals surface area contributed by atoms with Crippen molar-refractivity contribution in [1.82, 2.24) is 25.1 Å². The van der Waals surface area contributed by atoms with Gasteiger partial charge in [0, 0.05) is 29.9 Å². The Balaban J connectivity index is 1.40. The van der Waals surface area contributed by atoms with Gasteiger partial charge in [0.25, 0.3) is 11.9 Å². The van der Waals surface area contributed by atoms with Gasteiger partial charge in [-0.3, -0.25) is 4.79 Å². The Morgan fingerprint density at radius 1 is 1.29 bits per heavy atom. The topological polar surface area (TPSA) is 102 Å². The van der Waals surface area contributed by atoms with Crippen LogP contribution in [-0.4, -0.2) is 55.6 Å². The van der Waals surface area contributed by atoms with Crippen LogP contribution in [0.5, 0.6) is 0 Å².